The number of hydrogen-bond acceptors (Lipinski definition) is 4. The van der Waals surface area contributed by atoms with E-state index in [-0.39, 0.29) is 18.1 Å². The van der Waals surface area contributed by atoms with Crippen LogP contribution in [0.2, 0.25) is 0 Å². The summed E-state index contributed by atoms with van der Waals surface area (Å²) in [5, 5.41) is 4.32. The van der Waals surface area contributed by atoms with Gasteiger partial charge in [0.2, 0.25) is 5.91 Å². The Labute approximate surface area is 144 Å². The second-order valence-electron chi connectivity index (χ2n) is 7.00. The molecule has 6 nitrogen and oxygen atoms in total. The van der Waals surface area contributed by atoms with Crippen molar-refractivity contribution < 1.29 is 9.53 Å². The number of piperidine rings is 1. The lowest BCUT2D eigenvalue weighted by molar-refractivity contribution is -0.148. The van der Waals surface area contributed by atoms with Gasteiger partial charge in [-0.05, 0) is 32.4 Å². The molecule has 0 saturated carbocycles. The molecular weight excluding hydrogens is 304 g/mol. The summed E-state index contributed by atoms with van der Waals surface area (Å²) < 4.78 is 7.95. The number of hydrogen-bond donors (Lipinski definition) is 0. The molecule has 0 aliphatic carbocycles. The zero-order valence-corrected chi connectivity index (χ0v) is 15.0. The van der Waals surface area contributed by atoms with E-state index in [4.69, 9.17) is 4.74 Å². The Hall–Kier alpha value is -1.40. The largest absolute Gasteiger partial charge is 0.373 e. The molecule has 0 unspecified atom stereocenters. The van der Waals surface area contributed by atoms with Crippen LogP contribution >= 0.6 is 0 Å². The normalized spacial score (nSPS) is 25.8. The van der Waals surface area contributed by atoms with E-state index in [1.54, 1.807) is 0 Å². The average Bonchev–Trinajstić information content (AvgIpc) is 3.02. The Balaban J connectivity index is 1.80. The summed E-state index contributed by atoms with van der Waals surface area (Å²) in [5.41, 5.74) is 1.09. The summed E-state index contributed by atoms with van der Waals surface area (Å²) in [6.07, 6.45) is 9.28. The molecule has 2 fully saturated rings. The Kier molecular flexibility index (Phi) is 5.89. The van der Waals surface area contributed by atoms with Crippen molar-refractivity contribution in [2.45, 2.75) is 51.2 Å². The average molecular weight is 334 g/mol. The third-order valence-electron chi connectivity index (χ3n) is 5.09. The number of nitrogens with zero attached hydrogens (tertiary/aromatic N) is 4. The number of aryl methyl sites for hydroxylation is 1. The van der Waals surface area contributed by atoms with Crippen LogP contribution in [0.25, 0.3) is 0 Å². The van der Waals surface area contributed by atoms with Gasteiger partial charge in [0.05, 0.1) is 24.9 Å². The van der Waals surface area contributed by atoms with E-state index in [2.05, 4.69) is 16.9 Å². The van der Waals surface area contributed by atoms with Crippen molar-refractivity contribution in [3.63, 3.8) is 0 Å². The first-order valence-corrected chi connectivity index (χ1v) is 9.31. The van der Waals surface area contributed by atoms with Gasteiger partial charge in [-0.3, -0.25) is 9.48 Å². The number of carbonyl (C=O) groups is 1. The molecule has 0 aromatic carbocycles. The lowest BCUT2D eigenvalue weighted by Crippen LogP contribution is -2.52. The Bertz CT molecular complexity index is 539. The monoisotopic (exact) mass is 334 g/mol. The predicted octanol–water partition coefficient (Wildman–Crippen LogP) is 1.97. The van der Waals surface area contributed by atoms with Crippen LogP contribution < -0.4 is 0 Å². The van der Waals surface area contributed by atoms with Gasteiger partial charge in [-0.25, -0.2) is 0 Å². The molecule has 2 aliphatic heterocycles. The summed E-state index contributed by atoms with van der Waals surface area (Å²) in [6.45, 7) is 6.54. The van der Waals surface area contributed by atoms with Crippen LogP contribution in [0.1, 0.15) is 50.6 Å². The Morgan fingerprint density at radius 1 is 1.29 bits per heavy atom. The number of amides is 1. The molecule has 2 atom stereocenters. The fraction of sp³-hybridized carbons (Fsp3) is 0.778. The van der Waals surface area contributed by atoms with Gasteiger partial charge in [-0.1, -0.05) is 13.3 Å². The van der Waals surface area contributed by atoms with E-state index in [1.807, 2.05) is 29.0 Å². The maximum absolute atomic E-state index is 12.7. The molecule has 24 heavy (non-hydrogen) atoms. The third kappa shape index (κ3) is 3.98. The van der Waals surface area contributed by atoms with E-state index in [9.17, 15) is 4.79 Å². The lowest BCUT2D eigenvalue weighted by atomic mass is 9.98. The van der Waals surface area contributed by atoms with Crippen molar-refractivity contribution >= 4 is 5.91 Å². The molecular formula is C18H30N4O2. The van der Waals surface area contributed by atoms with Crippen molar-refractivity contribution in [2.24, 2.45) is 7.05 Å². The highest BCUT2D eigenvalue weighted by Crippen LogP contribution is 2.31. The molecule has 0 radical (unpaired) electrons. The van der Waals surface area contributed by atoms with Crippen LogP contribution in [0.15, 0.2) is 12.4 Å². The van der Waals surface area contributed by atoms with Gasteiger partial charge < -0.3 is 14.5 Å². The summed E-state index contributed by atoms with van der Waals surface area (Å²) >= 11 is 0. The number of rotatable bonds is 5. The predicted molar refractivity (Wildman–Crippen MR) is 92.6 cm³/mol. The van der Waals surface area contributed by atoms with E-state index in [0.29, 0.717) is 19.6 Å². The van der Waals surface area contributed by atoms with Gasteiger partial charge in [0.25, 0.3) is 0 Å². The quantitative estimate of drug-likeness (QED) is 0.826. The lowest BCUT2D eigenvalue weighted by Gasteiger charge is -2.43. The maximum atomic E-state index is 12.7. The van der Waals surface area contributed by atoms with Gasteiger partial charge in [0.15, 0.2) is 0 Å². The minimum Gasteiger partial charge on any atom is -0.373 e. The van der Waals surface area contributed by atoms with Crippen LogP contribution in [0.3, 0.4) is 0 Å². The zero-order chi connectivity index (χ0) is 16.9. The first-order valence-electron chi connectivity index (χ1n) is 9.31. The second-order valence-corrected chi connectivity index (χ2v) is 7.00. The van der Waals surface area contributed by atoms with Gasteiger partial charge in [-0.2, -0.15) is 5.10 Å². The smallest absolute Gasteiger partial charge is 0.223 e. The fourth-order valence-corrected chi connectivity index (χ4v) is 3.91. The summed E-state index contributed by atoms with van der Waals surface area (Å²) in [4.78, 5) is 17.2. The van der Waals surface area contributed by atoms with E-state index in [1.165, 1.54) is 19.3 Å². The molecule has 2 saturated heterocycles. The SMILES string of the molecule is CCCC(=O)N1CCO[C@@H](CN2CCCCC2)[C@@H]1c1cnn(C)c1. The first kappa shape index (κ1) is 17.4. The molecule has 2 aliphatic rings. The van der Waals surface area contributed by atoms with Crippen LogP contribution in [0.4, 0.5) is 0 Å². The molecule has 3 heterocycles. The van der Waals surface area contributed by atoms with Gasteiger partial charge in [0.1, 0.15) is 0 Å². The summed E-state index contributed by atoms with van der Waals surface area (Å²) in [6, 6.07) is -0.0200. The van der Waals surface area contributed by atoms with Gasteiger partial charge >= 0.3 is 0 Å². The summed E-state index contributed by atoms with van der Waals surface area (Å²) in [7, 11) is 1.92. The van der Waals surface area contributed by atoms with Crippen LogP contribution in [-0.4, -0.2) is 64.4 Å². The zero-order valence-electron chi connectivity index (χ0n) is 15.0. The van der Waals surface area contributed by atoms with Crippen LogP contribution in [0, 0.1) is 0 Å². The highest BCUT2D eigenvalue weighted by molar-refractivity contribution is 5.76. The van der Waals surface area contributed by atoms with Crippen molar-refractivity contribution in [1.82, 2.24) is 19.6 Å². The van der Waals surface area contributed by atoms with Crippen LogP contribution in [-0.2, 0) is 16.6 Å². The van der Waals surface area contributed by atoms with E-state index >= 15 is 0 Å². The molecule has 6 heteroatoms. The maximum Gasteiger partial charge on any atom is 0.223 e. The molecule has 0 spiro atoms. The summed E-state index contributed by atoms with van der Waals surface area (Å²) in [5.74, 6) is 0.235. The number of carbonyl (C=O) groups excluding carboxylic acids is 1. The highest BCUT2D eigenvalue weighted by atomic mass is 16.5. The number of ether oxygens (including phenoxy) is 1. The molecule has 0 N–H and O–H groups in total. The molecule has 3 rings (SSSR count). The molecule has 1 amide bonds. The van der Waals surface area contributed by atoms with E-state index < -0.39 is 0 Å². The Morgan fingerprint density at radius 2 is 2.08 bits per heavy atom. The molecule has 134 valence electrons. The van der Waals surface area contributed by atoms with Crippen molar-refractivity contribution in [3.05, 3.63) is 18.0 Å². The first-order chi connectivity index (χ1) is 11.7. The number of likely N-dealkylation sites (tertiary alicyclic amines) is 1. The highest BCUT2D eigenvalue weighted by Gasteiger charge is 2.37. The van der Waals surface area contributed by atoms with E-state index in [0.717, 1.165) is 31.6 Å². The van der Waals surface area contributed by atoms with Gasteiger partial charge in [-0.15, -0.1) is 0 Å². The molecule has 1 aromatic heterocycles. The third-order valence-corrected chi connectivity index (χ3v) is 5.09. The minimum atomic E-state index is -0.0200. The standard InChI is InChI=1S/C18H30N4O2/c1-3-7-17(23)22-10-11-24-16(14-21-8-5-4-6-9-21)18(22)15-12-19-20(2)13-15/h12-13,16,18H,3-11,14H2,1-2H3/t16-,18-/m0/s1. The number of aromatic nitrogens is 2. The van der Waals surface area contributed by atoms with Gasteiger partial charge in [0, 0.05) is 38.3 Å². The molecule has 0 bridgehead atoms. The fourth-order valence-electron chi connectivity index (χ4n) is 3.91. The van der Waals surface area contributed by atoms with Crippen molar-refractivity contribution in [2.75, 3.05) is 32.8 Å². The number of morpholine rings is 1. The van der Waals surface area contributed by atoms with Crippen molar-refractivity contribution in [1.29, 1.82) is 0 Å². The van der Waals surface area contributed by atoms with Crippen LogP contribution in [0.5, 0.6) is 0 Å². The Morgan fingerprint density at radius 3 is 2.75 bits per heavy atom. The topological polar surface area (TPSA) is 50.6 Å². The minimum absolute atomic E-state index is 0.0200. The molecule has 1 aromatic rings. The second kappa shape index (κ2) is 8.12. The van der Waals surface area contributed by atoms with Crippen molar-refractivity contribution in [3.8, 4) is 0 Å².